The minimum atomic E-state index is -0.764. The summed E-state index contributed by atoms with van der Waals surface area (Å²) >= 11 is 0. The molecule has 0 radical (unpaired) electrons. The average Bonchev–Trinajstić information content (AvgIpc) is 2.28. The number of hydrogen-bond donors (Lipinski definition) is 1. The van der Waals surface area contributed by atoms with Gasteiger partial charge in [0.05, 0.1) is 12.0 Å². The van der Waals surface area contributed by atoms with E-state index in [0.29, 0.717) is 6.42 Å². The lowest BCUT2D eigenvalue weighted by atomic mass is 9.95. The van der Waals surface area contributed by atoms with Gasteiger partial charge in [0.2, 0.25) is 0 Å². The van der Waals surface area contributed by atoms with Crippen LogP contribution in [-0.2, 0) is 16.0 Å². The first-order chi connectivity index (χ1) is 7.56. The SMILES string of the molecule is COC(C)c1ccccc1CC(C)C(=O)O. The van der Waals surface area contributed by atoms with E-state index in [1.165, 1.54) is 0 Å². The molecule has 3 heteroatoms. The van der Waals surface area contributed by atoms with Gasteiger partial charge in [0.15, 0.2) is 0 Å². The molecule has 0 aromatic heterocycles. The standard InChI is InChI=1S/C13H18O3/c1-9(13(14)15)8-11-6-4-5-7-12(11)10(2)16-3/h4-7,9-10H,8H2,1-3H3,(H,14,15). The molecule has 1 aromatic carbocycles. The van der Waals surface area contributed by atoms with E-state index < -0.39 is 5.97 Å². The maximum atomic E-state index is 10.8. The van der Waals surface area contributed by atoms with E-state index in [9.17, 15) is 4.79 Å². The molecule has 1 rings (SSSR count). The van der Waals surface area contributed by atoms with Gasteiger partial charge in [-0.3, -0.25) is 4.79 Å². The molecule has 0 aliphatic rings. The zero-order chi connectivity index (χ0) is 12.1. The fourth-order valence-electron chi connectivity index (χ4n) is 1.66. The lowest BCUT2D eigenvalue weighted by molar-refractivity contribution is -0.141. The first-order valence-corrected chi connectivity index (χ1v) is 5.39. The number of carboxylic acid groups (broad SMARTS) is 1. The van der Waals surface area contributed by atoms with Gasteiger partial charge < -0.3 is 9.84 Å². The van der Waals surface area contributed by atoms with Crippen molar-refractivity contribution in [2.45, 2.75) is 26.4 Å². The van der Waals surface area contributed by atoms with Gasteiger partial charge in [-0.05, 0) is 24.5 Å². The number of benzene rings is 1. The molecule has 0 saturated heterocycles. The predicted octanol–water partition coefficient (Wildman–Crippen LogP) is 2.66. The highest BCUT2D eigenvalue weighted by molar-refractivity contribution is 5.70. The Morgan fingerprint density at radius 1 is 1.38 bits per heavy atom. The monoisotopic (exact) mass is 222 g/mol. The Labute approximate surface area is 96.1 Å². The van der Waals surface area contributed by atoms with Gasteiger partial charge in [0.25, 0.3) is 0 Å². The maximum Gasteiger partial charge on any atom is 0.306 e. The number of methoxy groups -OCH3 is 1. The highest BCUT2D eigenvalue weighted by Crippen LogP contribution is 2.22. The molecule has 1 N–H and O–H groups in total. The molecule has 0 heterocycles. The van der Waals surface area contributed by atoms with Crippen molar-refractivity contribution in [3.8, 4) is 0 Å². The van der Waals surface area contributed by atoms with Crippen LogP contribution in [0.25, 0.3) is 0 Å². The molecule has 0 aliphatic heterocycles. The number of rotatable bonds is 5. The number of carboxylic acids is 1. The Morgan fingerprint density at radius 3 is 2.56 bits per heavy atom. The average molecular weight is 222 g/mol. The van der Waals surface area contributed by atoms with Crippen LogP contribution in [0.3, 0.4) is 0 Å². The Bertz CT molecular complexity index is 360. The van der Waals surface area contributed by atoms with E-state index in [0.717, 1.165) is 11.1 Å². The molecule has 2 unspecified atom stereocenters. The quantitative estimate of drug-likeness (QED) is 0.833. The Balaban J connectivity index is 2.90. The summed E-state index contributed by atoms with van der Waals surface area (Å²) in [6.45, 7) is 3.68. The van der Waals surface area contributed by atoms with Crippen LogP contribution in [0.5, 0.6) is 0 Å². The van der Waals surface area contributed by atoms with Crippen molar-refractivity contribution >= 4 is 5.97 Å². The molecule has 0 spiro atoms. The number of aliphatic carboxylic acids is 1. The summed E-state index contributed by atoms with van der Waals surface area (Å²) in [5, 5.41) is 8.90. The van der Waals surface area contributed by atoms with Gasteiger partial charge in [-0.15, -0.1) is 0 Å². The largest absolute Gasteiger partial charge is 0.481 e. The summed E-state index contributed by atoms with van der Waals surface area (Å²) in [5.41, 5.74) is 2.12. The summed E-state index contributed by atoms with van der Waals surface area (Å²) in [6.07, 6.45) is 0.538. The minimum absolute atomic E-state index is 0.00260. The number of carbonyl (C=O) groups is 1. The van der Waals surface area contributed by atoms with E-state index in [2.05, 4.69) is 0 Å². The molecule has 16 heavy (non-hydrogen) atoms. The molecular weight excluding hydrogens is 204 g/mol. The number of hydrogen-bond acceptors (Lipinski definition) is 2. The van der Waals surface area contributed by atoms with Crippen molar-refractivity contribution in [3.05, 3.63) is 35.4 Å². The van der Waals surface area contributed by atoms with Crippen LogP contribution in [0.2, 0.25) is 0 Å². The zero-order valence-electron chi connectivity index (χ0n) is 9.93. The molecule has 0 aliphatic carbocycles. The molecule has 88 valence electrons. The van der Waals surface area contributed by atoms with Gasteiger partial charge in [-0.2, -0.15) is 0 Å². The first-order valence-electron chi connectivity index (χ1n) is 5.39. The van der Waals surface area contributed by atoms with E-state index >= 15 is 0 Å². The van der Waals surface area contributed by atoms with Gasteiger partial charge in [0, 0.05) is 7.11 Å². The minimum Gasteiger partial charge on any atom is -0.481 e. The first kappa shape index (κ1) is 12.7. The Morgan fingerprint density at radius 2 is 2.00 bits per heavy atom. The second-order valence-corrected chi connectivity index (χ2v) is 4.02. The van der Waals surface area contributed by atoms with Crippen molar-refractivity contribution in [1.29, 1.82) is 0 Å². The fourth-order valence-corrected chi connectivity index (χ4v) is 1.66. The lowest BCUT2D eigenvalue weighted by Crippen LogP contribution is -2.14. The predicted molar refractivity (Wildman–Crippen MR) is 62.4 cm³/mol. The van der Waals surface area contributed by atoms with Gasteiger partial charge in [0.1, 0.15) is 0 Å². The van der Waals surface area contributed by atoms with Crippen LogP contribution < -0.4 is 0 Å². The van der Waals surface area contributed by atoms with Crippen molar-refractivity contribution in [1.82, 2.24) is 0 Å². The third-order valence-corrected chi connectivity index (χ3v) is 2.79. The fraction of sp³-hybridized carbons (Fsp3) is 0.462. The normalized spacial score (nSPS) is 14.4. The highest BCUT2D eigenvalue weighted by Gasteiger charge is 2.15. The van der Waals surface area contributed by atoms with Crippen molar-refractivity contribution in [2.75, 3.05) is 7.11 Å². The van der Waals surface area contributed by atoms with E-state index in [1.54, 1.807) is 14.0 Å². The van der Waals surface area contributed by atoms with Crippen LogP contribution in [0, 0.1) is 5.92 Å². The van der Waals surface area contributed by atoms with Crippen molar-refractivity contribution in [2.24, 2.45) is 5.92 Å². The Hall–Kier alpha value is -1.35. The number of ether oxygens (including phenoxy) is 1. The molecule has 0 amide bonds. The lowest BCUT2D eigenvalue weighted by Gasteiger charge is -2.16. The second-order valence-electron chi connectivity index (χ2n) is 4.02. The zero-order valence-corrected chi connectivity index (χ0v) is 9.93. The summed E-state index contributed by atoms with van der Waals surface area (Å²) in [7, 11) is 1.65. The Kier molecular flexibility index (Phi) is 4.50. The summed E-state index contributed by atoms with van der Waals surface area (Å²) < 4.78 is 5.27. The van der Waals surface area contributed by atoms with E-state index in [1.807, 2.05) is 31.2 Å². The van der Waals surface area contributed by atoms with Crippen LogP contribution in [0.1, 0.15) is 31.1 Å². The van der Waals surface area contributed by atoms with E-state index in [-0.39, 0.29) is 12.0 Å². The second kappa shape index (κ2) is 5.66. The molecule has 1 aromatic rings. The molecule has 3 nitrogen and oxygen atoms in total. The molecule has 0 saturated carbocycles. The molecule has 0 bridgehead atoms. The van der Waals surface area contributed by atoms with Gasteiger partial charge in [-0.25, -0.2) is 0 Å². The van der Waals surface area contributed by atoms with Crippen LogP contribution >= 0.6 is 0 Å². The molecular formula is C13H18O3. The maximum absolute atomic E-state index is 10.8. The van der Waals surface area contributed by atoms with Crippen molar-refractivity contribution < 1.29 is 14.6 Å². The third kappa shape index (κ3) is 3.07. The van der Waals surface area contributed by atoms with Crippen LogP contribution in [-0.4, -0.2) is 18.2 Å². The van der Waals surface area contributed by atoms with Gasteiger partial charge >= 0.3 is 5.97 Å². The summed E-state index contributed by atoms with van der Waals surface area (Å²) in [5.74, 6) is -1.13. The highest BCUT2D eigenvalue weighted by atomic mass is 16.5. The topological polar surface area (TPSA) is 46.5 Å². The third-order valence-electron chi connectivity index (χ3n) is 2.79. The molecule has 2 atom stereocenters. The van der Waals surface area contributed by atoms with Crippen LogP contribution in [0.4, 0.5) is 0 Å². The van der Waals surface area contributed by atoms with Crippen LogP contribution in [0.15, 0.2) is 24.3 Å². The summed E-state index contributed by atoms with van der Waals surface area (Å²) in [4.78, 5) is 10.8. The van der Waals surface area contributed by atoms with E-state index in [4.69, 9.17) is 9.84 Å². The van der Waals surface area contributed by atoms with Crippen molar-refractivity contribution in [3.63, 3.8) is 0 Å². The summed E-state index contributed by atoms with van der Waals surface area (Å²) in [6, 6.07) is 7.82. The smallest absolute Gasteiger partial charge is 0.306 e. The van der Waals surface area contributed by atoms with Gasteiger partial charge in [-0.1, -0.05) is 31.2 Å². The molecule has 0 fully saturated rings.